The van der Waals surface area contributed by atoms with Crippen LogP contribution in [0, 0.1) is 40.4 Å². The van der Waals surface area contributed by atoms with Crippen LogP contribution in [0.2, 0.25) is 0 Å². The molecule has 3 atom stereocenters. The topological polar surface area (TPSA) is 96.4 Å². The van der Waals surface area contributed by atoms with E-state index in [4.69, 9.17) is 9.47 Å². The number of halogens is 3. The number of carbonyl (C=O) groups is 3. The van der Waals surface area contributed by atoms with E-state index in [1.807, 2.05) is 42.5 Å². The zero-order valence-corrected chi connectivity index (χ0v) is 28.0. The molecule has 0 aliphatic carbocycles. The van der Waals surface area contributed by atoms with Crippen LogP contribution in [0.25, 0.3) is 0 Å². The minimum Gasteiger partial charge on any atom is -0.447 e. The number of fused-ring (bicyclic) bond motifs is 4. The molecule has 36 heavy (non-hydrogen) atoms. The second kappa shape index (κ2) is 13.5. The molecule has 2 fully saturated rings. The van der Waals surface area contributed by atoms with Crippen LogP contribution in [0.1, 0.15) is 27.0 Å². The number of alkyl halides is 3. The molecule has 192 valence electrons. The average Bonchev–Trinajstić information content (AvgIpc) is 3.43. The van der Waals surface area contributed by atoms with Crippen molar-refractivity contribution < 1.29 is 69.4 Å². The van der Waals surface area contributed by atoms with Crippen molar-refractivity contribution in [3.8, 4) is 0 Å². The zero-order chi connectivity index (χ0) is 25.2. The third kappa shape index (κ3) is 5.99. The molecule has 4 aliphatic rings. The molecule has 0 bridgehead atoms. The molecule has 0 radical (unpaired) electrons. The minimum atomic E-state index is -0.998. The van der Waals surface area contributed by atoms with Crippen molar-refractivity contribution in [1.82, 2.24) is 9.80 Å². The molecule has 2 saturated heterocycles. The minimum absolute atomic E-state index is 0. The first kappa shape index (κ1) is 30.7. The van der Waals surface area contributed by atoms with Crippen molar-refractivity contribution in [3.05, 3.63) is 70.8 Å². The summed E-state index contributed by atoms with van der Waals surface area (Å²) in [7, 11) is 0. The van der Waals surface area contributed by atoms with E-state index in [1.54, 1.807) is 11.0 Å². The molecule has 0 spiro atoms. The van der Waals surface area contributed by atoms with Gasteiger partial charge in [-0.05, 0) is 16.7 Å². The zero-order valence-electron chi connectivity index (χ0n) is 18.9. The first-order chi connectivity index (χ1) is 16.8. The van der Waals surface area contributed by atoms with Crippen molar-refractivity contribution in [2.45, 2.75) is 30.8 Å². The number of carbonyl (C=O) groups excluding carboxylic acids is 3. The van der Waals surface area contributed by atoms with E-state index in [0.717, 1.165) is 22.3 Å². The molecule has 1 N–H and O–H groups in total. The van der Waals surface area contributed by atoms with Gasteiger partial charge in [-0.15, -0.1) is 0 Å². The van der Waals surface area contributed by atoms with E-state index in [-0.39, 0.29) is 77.6 Å². The number of nitrogens with zero attached hydrogens (tertiary/aromatic N) is 2. The summed E-state index contributed by atoms with van der Waals surface area (Å²) in [5, 5.41) is 10.8. The van der Waals surface area contributed by atoms with Crippen LogP contribution in [0.15, 0.2) is 48.5 Å². The summed E-state index contributed by atoms with van der Waals surface area (Å²) in [6.45, 7) is 1.46. The number of hydrogen-bond donors (Lipinski definition) is 1. The summed E-state index contributed by atoms with van der Waals surface area (Å²) in [4.78, 5) is 38.0. The Balaban J connectivity index is 0.000000178. The molecule has 8 nitrogen and oxygen atoms in total. The predicted octanol–water partition coefficient (Wildman–Crippen LogP) is 4.66. The summed E-state index contributed by atoms with van der Waals surface area (Å²) < 4.78 is 11.7. The summed E-state index contributed by atoms with van der Waals surface area (Å²) in [5.41, 5.74) is 2.55. The number of aliphatic hydroxyl groups is 1. The largest absolute Gasteiger partial charge is 0.447 e. The Kier molecular flexibility index (Phi) is 11.5. The second-order valence-electron chi connectivity index (χ2n) is 8.28. The van der Waals surface area contributed by atoms with E-state index in [0.29, 0.717) is 17.5 Å². The molecule has 12 heteroatoms. The molecule has 4 aliphatic heterocycles. The molecular weight excluding hydrogens is 943 g/mol. The summed E-state index contributed by atoms with van der Waals surface area (Å²) in [6.07, 6.45) is -0.712. The SMILES string of the molecule is ICI.O=C1OC[C@H]2N1Cc1ccccc1C2(O)CI.O=C1c2ccccc2CN2C(=O)OC[C@H]12.[Sm]. The van der Waals surface area contributed by atoms with Gasteiger partial charge in [-0.1, -0.05) is 116 Å². The van der Waals surface area contributed by atoms with Crippen molar-refractivity contribution in [1.29, 1.82) is 0 Å². The Morgan fingerprint density at radius 1 is 0.861 bits per heavy atom. The molecule has 0 saturated carbocycles. The van der Waals surface area contributed by atoms with Crippen LogP contribution in [0.5, 0.6) is 0 Å². The van der Waals surface area contributed by atoms with Gasteiger partial charge in [0, 0.05) is 56.9 Å². The first-order valence-electron chi connectivity index (χ1n) is 10.8. The molecule has 0 aromatic heterocycles. The van der Waals surface area contributed by atoms with Gasteiger partial charge >= 0.3 is 12.2 Å². The summed E-state index contributed by atoms with van der Waals surface area (Å²) in [5.74, 6) is -0.0114. The maximum absolute atomic E-state index is 12.0. The van der Waals surface area contributed by atoms with Crippen LogP contribution >= 0.6 is 67.8 Å². The number of amides is 2. The molecule has 2 aromatic rings. The van der Waals surface area contributed by atoms with Gasteiger partial charge in [-0.25, -0.2) is 9.59 Å². The van der Waals surface area contributed by atoms with Crippen LogP contribution < -0.4 is 0 Å². The van der Waals surface area contributed by atoms with Gasteiger partial charge in [0.2, 0.25) is 0 Å². The standard InChI is InChI=1S/C12H12INO3.C11H9NO3.CH2I2.Sm/c13-7-12(16)9-4-2-1-3-8(9)5-14-10(12)6-17-11(14)15;13-10-8-4-2-1-3-7(8)5-12-9(10)6-15-11(12)14;2-1-3;/h1-4,10,16H,5-7H2;1-4,9H,5-6H2;1H2;/t10-,12?;9-;;/m11../s1. The van der Waals surface area contributed by atoms with E-state index < -0.39 is 11.6 Å². The Morgan fingerprint density at radius 2 is 1.42 bits per heavy atom. The smallest absolute Gasteiger partial charge is 0.410 e. The normalized spacial score (nSPS) is 24.8. The Bertz CT molecular complexity index is 1140. The van der Waals surface area contributed by atoms with Gasteiger partial charge in [0.1, 0.15) is 30.9 Å². The van der Waals surface area contributed by atoms with Gasteiger partial charge in [0.15, 0.2) is 5.78 Å². The fourth-order valence-corrected chi connectivity index (χ4v) is 5.65. The van der Waals surface area contributed by atoms with Gasteiger partial charge in [-0.2, -0.15) is 0 Å². The number of ether oxygens (including phenoxy) is 2. The second-order valence-corrected chi connectivity index (χ2v) is 13.5. The Labute approximate surface area is 282 Å². The fourth-order valence-electron chi connectivity index (χ4n) is 4.73. The number of Topliss-reactive ketones (excluding diaryl/α,β-unsaturated/α-hetero) is 1. The quantitative estimate of drug-likeness (QED) is 0.331. The first-order valence-corrected chi connectivity index (χ1v) is 15.4. The average molecular weight is 967 g/mol. The fraction of sp³-hybridized carbons (Fsp3) is 0.375. The van der Waals surface area contributed by atoms with Gasteiger partial charge < -0.3 is 14.6 Å². The van der Waals surface area contributed by atoms with Crippen molar-refractivity contribution in [3.63, 3.8) is 0 Å². The third-order valence-corrected chi connectivity index (χ3v) is 7.62. The number of cyclic esters (lactones) is 2. The number of benzene rings is 2. The van der Waals surface area contributed by atoms with Crippen LogP contribution in [0.3, 0.4) is 0 Å². The number of hydrogen-bond acceptors (Lipinski definition) is 6. The maximum atomic E-state index is 12.0. The van der Waals surface area contributed by atoms with Gasteiger partial charge in [0.05, 0.1) is 8.98 Å². The van der Waals surface area contributed by atoms with Crippen LogP contribution in [0.4, 0.5) is 9.59 Å². The molecule has 4 heterocycles. The number of ketones is 1. The van der Waals surface area contributed by atoms with E-state index in [9.17, 15) is 19.5 Å². The van der Waals surface area contributed by atoms with Crippen molar-refractivity contribution in [2.75, 3.05) is 20.1 Å². The van der Waals surface area contributed by atoms with E-state index in [2.05, 4.69) is 67.8 Å². The molecule has 1 unspecified atom stereocenters. The number of rotatable bonds is 1. The third-order valence-electron chi connectivity index (χ3n) is 6.46. The Morgan fingerprint density at radius 3 is 2.11 bits per heavy atom. The predicted molar refractivity (Wildman–Crippen MR) is 154 cm³/mol. The van der Waals surface area contributed by atoms with Crippen molar-refractivity contribution >= 4 is 85.7 Å². The van der Waals surface area contributed by atoms with E-state index in [1.165, 1.54) is 7.33 Å². The summed E-state index contributed by atoms with van der Waals surface area (Å²) in [6, 6.07) is 14.4. The van der Waals surface area contributed by atoms with Crippen molar-refractivity contribution in [2.24, 2.45) is 0 Å². The molecule has 6 rings (SSSR count). The van der Waals surface area contributed by atoms with Gasteiger partial charge in [0.25, 0.3) is 0 Å². The maximum Gasteiger partial charge on any atom is 0.410 e. The van der Waals surface area contributed by atoms with Gasteiger partial charge in [-0.3, -0.25) is 14.6 Å². The molecule has 2 amide bonds. The monoisotopic (exact) mass is 968 g/mol. The molecule has 2 aromatic carbocycles. The van der Waals surface area contributed by atoms with Crippen LogP contribution in [-0.2, 0) is 28.2 Å². The molecular formula is C24H23I3N2O6Sm. The van der Waals surface area contributed by atoms with E-state index >= 15 is 0 Å². The van der Waals surface area contributed by atoms with Crippen LogP contribution in [-0.4, -0.2) is 65.0 Å². The Hall–Kier alpha value is 0.138. The summed E-state index contributed by atoms with van der Waals surface area (Å²) >= 11 is 6.71.